The molecule has 0 amide bonds. The molecule has 0 N–H and O–H groups in total. The summed E-state index contributed by atoms with van der Waals surface area (Å²) in [5, 5.41) is 0. The maximum Gasteiger partial charge on any atom is 0.312 e. The fraction of sp³-hybridized carbons (Fsp3) is 0.875. The molecule has 0 spiro atoms. The lowest BCUT2D eigenvalue weighted by atomic mass is 9.37. The Labute approximate surface area is 235 Å². The molecular formula is C32H50O3S2. The Hall–Kier alpha value is -0.550. The van der Waals surface area contributed by atoms with Gasteiger partial charge < -0.3 is 9.47 Å². The molecule has 0 radical (unpaired) electrons. The van der Waals surface area contributed by atoms with Crippen LogP contribution in [0.3, 0.4) is 0 Å². The standard InChI is InChI=1S/C32H50O3S2/c1-19-13-16-32(27(33)34-7)18-17-30(5)21-11-12-24-29(3,4)25(35-28(36)37-8)14-15-31(24,6)22(21)9-10-23(30)26(32)20(19)2/h10,19-22,24-26H,9,11-18H2,1-8H3/t19-,20+,21?,22?,24+,25+,26?,30+,31-,32+/m1/s1. The molecular weight excluding hydrogens is 496 g/mol. The Morgan fingerprint density at radius 2 is 1.73 bits per heavy atom. The fourth-order valence-corrected chi connectivity index (χ4v) is 11.2. The first kappa shape index (κ1) is 28.0. The summed E-state index contributed by atoms with van der Waals surface area (Å²) in [6.45, 7) is 14.9. The summed E-state index contributed by atoms with van der Waals surface area (Å²) in [7, 11) is 1.60. The molecule has 208 valence electrons. The van der Waals surface area contributed by atoms with E-state index in [9.17, 15) is 4.79 Å². The van der Waals surface area contributed by atoms with E-state index in [-0.39, 0.29) is 28.3 Å². The van der Waals surface area contributed by atoms with Crippen LogP contribution < -0.4 is 0 Å². The minimum absolute atomic E-state index is 0.0558. The Morgan fingerprint density at radius 1 is 1.00 bits per heavy atom. The van der Waals surface area contributed by atoms with Crippen molar-refractivity contribution in [2.24, 2.45) is 57.2 Å². The average Bonchev–Trinajstić information content (AvgIpc) is 2.87. The molecule has 0 saturated heterocycles. The lowest BCUT2D eigenvalue weighted by Crippen LogP contribution is -2.62. The lowest BCUT2D eigenvalue weighted by molar-refractivity contribution is -0.178. The number of carbonyl (C=O) groups is 1. The van der Waals surface area contributed by atoms with E-state index in [0.29, 0.717) is 45.3 Å². The number of carbonyl (C=O) groups excluding carboxylic acids is 1. The number of thioether (sulfide) groups is 1. The molecule has 4 fully saturated rings. The Balaban J connectivity index is 1.50. The zero-order valence-electron chi connectivity index (χ0n) is 24.5. The van der Waals surface area contributed by atoms with Crippen molar-refractivity contribution >= 4 is 34.3 Å². The molecule has 5 heteroatoms. The highest BCUT2D eigenvalue weighted by molar-refractivity contribution is 8.22. The predicted molar refractivity (Wildman–Crippen MR) is 157 cm³/mol. The van der Waals surface area contributed by atoms with E-state index >= 15 is 0 Å². The van der Waals surface area contributed by atoms with Gasteiger partial charge in [-0.3, -0.25) is 4.79 Å². The molecule has 0 aliphatic heterocycles. The highest BCUT2D eigenvalue weighted by atomic mass is 32.2. The van der Waals surface area contributed by atoms with Crippen molar-refractivity contribution in [3.63, 3.8) is 0 Å². The Bertz CT molecular complexity index is 973. The molecule has 5 rings (SSSR count). The van der Waals surface area contributed by atoms with E-state index < -0.39 is 0 Å². The van der Waals surface area contributed by atoms with Gasteiger partial charge >= 0.3 is 5.97 Å². The normalized spacial score (nSPS) is 48.3. The maximum atomic E-state index is 13.4. The van der Waals surface area contributed by atoms with Gasteiger partial charge in [0.1, 0.15) is 6.10 Å². The van der Waals surface area contributed by atoms with Crippen molar-refractivity contribution in [3.05, 3.63) is 11.6 Å². The van der Waals surface area contributed by atoms with Crippen molar-refractivity contribution in [1.29, 1.82) is 0 Å². The lowest BCUT2D eigenvalue weighted by Gasteiger charge is -2.67. The van der Waals surface area contributed by atoms with Crippen molar-refractivity contribution in [2.75, 3.05) is 13.4 Å². The highest BCUT2D eigenvalue weighted by Gasteiger charge is 2.66. The Morgan fingerprint density at radius 3 is 2.41 bits per heavy atom. The number of esters is 1. The average molecular weight is 547 g/mol. The number of fused-ring (bicyclic) bond motifs is 7. The number of thiocarbonyl (C=S) groups is 1. The van der Waals surface area contributed by atoms with Crippen LogP contribution in [0.2, 0.25) is 0 Å². The van der Waals surface area contributed by atoms with Gasteiger partial charge in [0.15, 0.2) is 0 Å². The monoisotopic (exact) mass is 546 g/mol. The van der Waals surface area contributed by atoms with Gasteiger partial charge in [0.05, 0.1) is 12.5 Å². The number of ether oxygens (including phenoxy) is 2. The van der Waals surface area contributed by atoms with E-state index in [1.807, 2.05) is 6.26 Å². The van der Waals surface area contributed by atoms with E-state index in [1.54, 1.807) is 24.4 Å². The van der Waals surface area contributed by atoms with Crippen LogP contribution in [-0.4, -0.2) is 29.8 Å². The van der Waals surface area contributed by atoms with Gasteiger partial charge in [-0.25, -0.2) is 0 Å². The van der Waals surface area contributed by atoms with Crippen LogP contribution in [0.5, 0.6) is 0 Å². The summed E-state index contributed by atoms with van der Waals surface area (Å²) in [5.41, 5.74) is 1.95. The zero-order valence-corrected chi connectivity index (χ0v) is 26.2. The topological polar surface area (TPSA) is 35.5 Å². The predicted octanol–water partition coefficient (Wildman–Crippen LogP) is 8.46. The quantitative estimate of drug-likeness (QED) is 0.197. The number of rotatable bonds is 2. The molecule has 0 aromatic rings. The van der Waals surface area contributed by atoms with E-state index in [2.05, 4.69) is 47.6 Å². The maximum absolute atomic E-state index is 13.4. The fourth-order valence-electron chi connectivity index (χ4n) is 10.9. The van der Waals surface area contributed by atoms with E-state index in [1.165, 1.54) is 25.7 Å². The van der Waals surface area contributed by atoms with Crippen LogP contribution in [0.15, 0.2) is 11.6 Å². The van der Waals surface area contributed by atoms with Gasteiger partial charge in [-0.05, 0) is 123 Å². The second-order valence-corrected chi connectivity index (χ2v) is 16.0. The summed E-state index contributed by atoms with van der Waals surface area (Å²) in [6.07, 6.45) is 15.2. The van der Waals surface area contributed by atoms with Crippen LogP contribution in [0.1, 0.15) is 99.3 Å². The smallest absolute Gasteiger partial charge is 0.312 e. The highest BCUT2D eigenvalue weighted by Crippen LogP contribution is 2.71. The molecule has 0 bridgehead atoms. The summed E-state index contributed by atoms with van der Waals surface area (Å²) < 4.78 is 12.6. The second-order valence-electron chi connectivity index (χ2n) is 14.6. The molecule has 0 aromatic heterocycles. The minimum atomic E-state index is -0.312. The zero-order chi connectivity index (χ0) is 27.0. The van der Waals surface area contributed by atoms with Gasteiger partial charge in [-0.2, -0.15) is 0 Å². The number of hydrogen-bond donors (Lipinski definition) is 0. The number of allylic oxidation sites excluding steroid dienone is 2. The Kier molecular flexibility index (Phi) is 7.21. The van der Waals surface area contributed by atoms with Crippen LogP contribution in [-0.2, 0) is 14.3 Å². The van der Waals surface area contributed by atoms with Gasteiger partial charge in [-0.15, -0.1) is 0 Å². The molecule has 4 saturated carbocycles. The van der Waals surface area contributed by atoms with Gasteiger partial charge in [-0.1, -0.05) is 65.0 Å². The van der Waals surface area contributed by atoms with Crippen LogP contribution >= 0.6 is 24.0 Å². The van der Waals surface area contributed by atoms with Crippen LogP contribution in [0, 0.1) is 57.2 Å². The van der Waals surface area contributed by atoms with Gasteiger partial charge in [0, 0.05) is 5.41 Å². The first-order valence-electron chi connectivity index (χ1n) is 14.9. The third-order valence-corrected chi connectivity index (χ3v) is 14.2. The summed E-state index contributed by atoms with van der Waals surface area (Å²) >= 11 is 7.04. The van der Waals surface area contributed by atoms with Gasteiger partial charge in [0.25, 0.3) is 0 Å². The summed E-state index contributed by atoms with van der Waals surface area (Å²) in [4.78, 5) is 13.4. The molecule has 0 aromatic carbocycles. The van der Waals surface area contributed by atoms with Crippen LogP contribution in [0.25, 0.3) is 0 Å². The van der Waals surface area contributed by atoms with E-state index in [4.69, 9.17) is 21.7 Å². The third kappa shape index (κ3) is 3.93. The summed E-state index contributed by atoms with van der Waals surface area (Å²) in [5.74, 6) is 3.62. The third-order valence-electron chi connectivity index (χ3n) is 13.1. The molecule has 5 aliphatic rings. The van der Waals surface area contributed by atoms with Crippen molar-refractivity contribution < 1.29 is 14.3 Å². The van der Waals surface area contributed by atoms with Crippen molar-refractivity contribution in [3.8, 4) is 0 Å². The number of hydrogen-bond acceptors (Lipinski definition) is 5. The molecule has 10 atom stereocenters. The molecule has 0 heterocycles. The molecule has 37 heavy (non-hydrogen) atoms. The second kappa shape index (κ2) is 9.53. The molecule has 3 nitrogen and oxygen atoms in total. The van der Waals surface area contributed by atoms with Crippen LogP contribution in [0.4, 0.5) is 0 Å². The SMILES string of the molecule is COC(=O)[C@]12CC[C@@H](C)[C@H](C)C1C1=CCC3C(CC[C@H]4C(C)(C)[C@@H](OC(=S)SC)CC[C@]34C)[C@]1(C)CC2. The molecule has 3 unspecified atom stereocenters. The number of methoxy groups -OCH3 is 1. The van der Waals surface area contributed by atoms with Gasteiger partial charge in [0.2, 0.25) is 4.38 Å². The minimum Gasteiger partial charge on any atom is -0.475 e. The van der Waals surface area contributed by atoms with Crippen molar-refractivity contribution in [2.45, 2.75) is 105 Å². The first-order valence-corrected chi connectivity index (χ1v) is 16.5. The van der Waals surface area contributed by atoms with E-state index in [0.717, 1.165) is 32.1 Å². The summed E-state index contributed by atoms with van der Waals surface area (Å²) in [6, 6.07) is 0. The molecule has 5 aliphatic carbocycles. The van der Waals surface area contributed by atoms with Crippen molar-refractivity contribution in [1.82, 2.24) is 0 Å². The largest absolute Gasteiger partial charge is 0.475 e. The first-order chi connectivity index (χ1) is 17.4.